The van der Waals surface area contributed by atoms with E-state index in [4.69, 9.17) is 9.47 Å². The van der Waals surface area contributed by atoms with Gasteiger partial charge in [-0.15, -0.1) is 0 Å². The lowest BCUT2D eigenvalue weighted by Gasteiger charge is -2.42. The number of anilines is 1. The van der Waals surface area contributed by atoms with E-state index in [0.717, 1.165) is 15.9 Å². The Labute approximate surface area is 224 Å². The molecule has 0 unspecified atom stereocenters. The highest BCUT2D eigenvalue weighted by atomic mass is 79.9. The monoisotopic (exact) mass is 558 g/mol. The molecule has 0 saturated heterocycles. The van der Waals surface area contributed by atoms with E-state index in [1.165, 1.54) is 0 Å². The molecule has 6 nitrogen and oxygen atoms in total. The maximum Gasteiger partial charge on any atom is 0.164 e. The summed E-state index contributed by atoms with van der Waals surface area (Å²) in [7, 11) is 3.12. The lowest BCUT2D eigenvalue weighted by molar-refractivity contribution is -0.116. The van der Waals surface area contributed by atoms with Gasteiger partial charge in [0.1, 0.15) is 11.6 Å². The maximum atomic E-state index is 13.7. The second-order valence-corrected chi connectivity index (χ2v) is 9.86. The molecule has 2 N–H and O–H groups in total. The molecule has 37 heavy (non-hydrogen) atoms. The quantitative estimate of drug-likeness (QED) is 0.328. The SMILES string of the molecule is COc1cccc([C@H]2C(=C(O)c3ccccc3)C(=N)N(c3cccc(Br)c3)C3=C2C(=O)CCC3)c1OC. The van der Waals surface area contributed by atoms with Gasteiger partial charge in [-0.1, -0.05) is 64.5 Å². The first kappa shape index (κ1) is 24.8. The molecule has 0 radical (unpaired) electrons. The summed E-state index contributed by atoms with van der Waals surface area (Å²) in [5.74, 6) is 0.353. The number of hydrogen-bond donors (Lipinski definition) is 2. The molecule has 2 aliphatic rings. The average molecular weight is 559 g/mol. The van der Waals surface area contributed by atoms with Crippen LogP contribution in [0.25, 0.3) is 5.76 Å². The van der Waals surface area contributed by atoms with E-state index < -0.39 is 5.92 Å². The van der Waals surface area contributed by atoms with Gasteiger partial charge in [-0.3, -0.25) is 15.1 Å². The van der Waals surface area contributed by atoms with Crippen LogP contribution in [-0.4, -0.2) is 30.9 Å². The van der Waals surface area contributed by atoms with Gasteiger partial charge in [-0.25, -0.2) is 0 Å². The fourth-order valence-corrected chi connectivity index (χ4v) is 5.68. The van der Waals surface area contributed by atoms with Crippen molar-refractivity contribution in [1.82, 2.24) is 0 Å². The van der Waals surface area contributed by atoms with E-state index in [-0.39, 0.29) is 17.4 Å². The number of methoxy groups -OCH3 is 2. The Balaban J connectivity index is 1.88. The van der Waals surface area contributed by atoms with Crippen molar-refractivity contribution in [1.29, 1.82) is 5.41 Å². The molecule has 1 atom stereocenters. The second kappa shape index (κ2) is 10.3. The lowest BCUT2D eigenvalue weighted by atomic mass is 9.73. The summed E-state index contributed by atoms with van der Waals surface area (Å²) in [5.41, 5.74) is 3.67. The van der Waals surface area contributed by atoms with Crippen LogP contribution < -0.4 is 14.4 Å². The van der Waals surface area contributed by atoms with Crippen LogP contribution in [0.4, 0.5) is 5.69 Å². The van der Waals surface area contributed by atoms with Crippen molar-refractivity contribution < 1.29 is 19.4 Å². The van der Waals surface area contributed by atoms with Gasteiger partial charge in [-0.05, 0) is 37.1 Å². The van der Waals surface area contributed by atoms with Crippen LogP contribution in [0.3, 0.4) is 0 Å². The highest BCUT2D eigenvalue weighted by Gasteiger charge is 2.44. The van der Waals surface area contributed by atoms with Gasteiger partial charge in [0.2, 0.25) is 0 Å². The Morgan fingerprint density at radius 2 is 1.76 bits per heavy atom. The molecule has 1 heterocycles. The smallest absolute Gasteiger partial charge is 0.164 e. The highest BCUT2D eigenvalue weighted by Crippen LogP contribution is 2.51. The van der Waals surface area contributed by atoms with Crippen LogP contribution in [0.15, 0.2) is 94.1 Å². The number of amidine groups is 1. The van der Waals surface area contributed by atoms with Crippen molar-refractivity contribution in [2.24, 2.45) is 0 Å². The Bertz CT molecular complexity index is 1440. The minimum absolute atomic E-state index is 0.00183. The molecule has 7 heteroatoms. The number of ketones is 1. The van der Waals surface area contributed by atoms with E-state index in [1.54, 1.807) is 37.3 Å². The first-order valence-electron chi connectivity index (χ1n) is 12.1. The number of hydrogen-bond acceptors (Lipinski definition) is 5. The Morgan fingerprint density at radius 3 is 2.46 bits per heavy atom. The van der Waals surface area contributed by atoms with Gasteiger partial charge in [0, 0.05) is 44.6 Å². The first-order valence-corrected chi connectivity index (χ1v) is 12.9. The third-order valence-corrected chi connectivity index (χ3v) is 7.36. The number of ether oxygens (including phenoxy) is 2. The van der Waals surface area contributed by atoms with E-state index in [9.17, 15) is 15.3 Å². The maximum absolute atomic E-state index is 13.7. The topological polar surface area (TPSA) is 82.9 Å². The van der Waals surface area contributed by atoms with Crippen molar-refractivity contribution in [3.05, 3.63) is 105 Å². The van der Waals surface area contributed by atoms with Crippen molar-refractivity contribution in [3.63, 3.8) is 0 Å². The lowest BCUT2D eigenvalue weighted by Crippen LogP contribution is -2.42. The summed E-state index contributed by atoms with van der Waals surface area (Å²) in [6.45, 7) is 0. The number of benzene rings is 3. The molecule has 0 spiro atoms. The van der Waals surface area contributed by atoms with Crippen molar-refractivity contribution in [2.45, 2.75) is 25.2 Å². The molecule has 3 aromatic carbocycles. The molecule has 0 fully saturated rings. The number of allylic oxidation sites excluding steroid dienone is 2. The van der Waals surface area contributed by atoms with Gasteiger partial charge in [0.05, 0.1) is 20.1 Å². The summed E-state index contributed by atoms with van der Waals surface area (Å²) >= 11 is 3.54. The number of carbonyl (C=O) groups excluding carboxylic acids is 1. The number of halogens is 1. The normalized spacial score (nSPS) is 19.0. The number of carbonyl (C=O) groups is 1. The number of aliphatic hydroxyl groups excluding tert-OH is 1. The summed E-state index contributed by atoms with van der Waals surface area (Å²) in [5, 5.41) is 21.2. The summed E-state index contributed by atoms with van der Waals surface area (Å²) in [4.78, 5) is 15.5. The summed E-state index contributed by atoms with van der Waals surface area (Å²) in [6.07, 6.45) is 1.74. The van der Waals surface area contributed by atoms with E-state index >= 15 is 0 Å². The van der Waals surface area contributed by atoms with Crippen molar-refractivity contribution in [3.8, 4) is 11.5 Å². The molecule has 188 valence electrons. The Kier molecular flexibility index (Phi) is 6.89. The molecule has 1 aliphatic heterocycles. The predicted octanol–water partition coefficient (Wildman–Crippen LogP) is 7.02. The Hall–Kier alpha value is -3.84. The zero-order valence-corrected chi connectivity index (χ0v) is 22.2. The van der Waals surface area contributed by atoms with E-state index in [2.05, 4.69) is 15.9 Å². The molecule has 1 aliphatic carbocycles. The van der Waals surface area contributed by atoms with Crippen molar-refractivity contribution in [2.75, 3.05) is 19.1 Å². The zero-order valence-electron chi connectivity index (χ0n) is 20.6. The largest absolute Gasteiger partial charge is 0.507 e. The summed E-state index contributed by atoms with van der Waals surface area (Å²) in [6, 6.07) is 22.3. The molecular formula is C30H27BrN2O4. The second-order valence-electron chi connectivity index (χ2n) is 8.95. The first-order chi connectivity index (χ1) is 18.0. The van der Waals surface area contributed by atoms with Gasteiger partial charge in [-0.2, -0.15) is 0 Å². The Morgan fingerprint density at radius 1 is 1.00 bits per heavy atom. The van der Waals surface area contributed by atoms with Gasteiger partial charge < -0.3 is 14.6 Å². The third-order valence-electron chi connectivity index (χ3n) is 6.87. The fourth-order valence-electron chi connectivity index (χ4n) is 5.29. The van der Waals surface area contributed by atoms with Crippen LogP contribution in [0.1, 0.15) is 36.3 Å². The molecule has 0 amide bonds. The number of para-hydroxylation sites is 1. The van der Waals surface area contributed by atoms with Crippen LogP contribution in [0, 0.1) is 5.41 Å². The minimum Gasteiger partial charge on any atom is -0.507 e. The van der Waals surface area contributed by atoms with Gasteiger partial charge in [0.15, 0.2) is 17.3 Å². The number of nitrogens with one attached hydrogen (secondary N) is 1. The number of Topliss-reactive ketones (excluding diaryl/α,β-unsaturated/α-hetero) is 1. The van der Waals surface area contributed by atoms with Crippen LogP contribution >= 0.6 is 15.9 Å². The molecule has 5 rings (SSSR count). The standard InChI is InChI=1S/C30H27BrN2O4/c1-36-24-16-7-13-21(29(24)37-2)25-26-22(14-8-15-23(26)34)33(20-12-6-11-19(31)17-20)30(32)27(25)28(35)18-9-4-3-5-10-18/h3-7,9-13,16-17,25,32,35H,8,14-15H2,1-2H3/t25-/m1/s1. The minimum atomic E-state index is -0.705. The summed E-state index contributed by atoms with van der Waals surface area (Å²) < 4.78 is 12.2. The van der Waals surface area contributed by atoms with Crippen molar-refractivity contribution >= 4 is 39.0 Å². The molecular weight excluding hydrogens is 532 g/mol. The number of rotatable bonds is 5. The van der Waals surface area contributed by atoms with Gasteiger partial charge >= 0.3 is 0 Å². The number of nitrogens with zero attached hydrogens (tertiary/aromatic N) is 1. The predicted molar refractivity (Wildman–Crippen MR) is 149 cm³/mol. The third kappa shape index (κ3) is 4.33. The van der Waals surface area contributed by atoms with E-state index in [0.29, 0.717) is 53.0 Å². The van der Waals surface area contributed by atoms with Crippen LogP contribution in [-0.2, 0) is 4.79 Å². The number of aliphatic hydroxyl groups is 1. The van der Waals surface area contributed by atoms with Crippen LogP contribution in [0.2, 0.25) is 0 Å². The van der Waals surface area contributed by atoms with E-state index in [1.807, 2.05) is 54.6 Å². The fraction of sp³-hybridized carbons (Fsp3) is 0.200. The zero-order chi connectivity index (χ0) is 26.1. The van der Waals surface area contributed by atoms with Gasteiger partial charge in [0.25, 0.3) is 0 Å². The van der Waals surface area contributed by atoms with Crippen LogP contribution in [0.5, 0.6) is 11.5 Å². The molecule has 3 aromatic rings. The highest BCUT2D eigenvalue weighted by molar-refractivity contribution is 9.10. The molecule has 0 saturated carbocycles. The average Bonchev–Trinajstić information content (AvgIpc) is 2.92. The molecule has 0 bridgehead atoms. The molecule has 0 aromatic heterocycles.